The normalized spacial score (nSPS) is 11.7. The fourth-order valence-electron chi connectivity index (χ4n) is 1.94. The number of halogens is 1. The van der Waals surface area contributed by atoms with E-state index in [2.05, 4.69) is 20.9 Å². The highest BCUT2D eigenvalue weighted by Crippen LogP contribution is 2.27. The molecule has 0 unspecified atom stereocenters. The van der Waals surface area contributed by atoms with Gasteiger partial charge < -0.3 is 4.74 Å². The second kappa shape index (κ2) is 5.60. The molecule has 2 heterocycles. The topological polar surface area (TPSA) is 61.2 Å². The van der Waals surface area contributed by atoms with Gasteiger partial charge in [-0.15, -0.1) is 0 Å². The fraction of sp³-hybridized carbons (Fsp3) is 0.400. The molecule has 0 atom stereocenters. The molecule has 2 rings (SSSR count). The Hall–Kier alpha value is -1.69. The van der Waals surface area contributed by atoms with Gasteiger partial charge in [0.25, 0.3) is 0 Å². The number of rotatable bonds is 2. The van der Waals surface area contributed by atoms with Crippen molar-refractivity contribution in [2.24, 2.45) is 0 Å². The summed E-state index contributed by atoms with van der Waals surface area (Å²) in [4.78, 5) is 27.6. The Morgan fingerprint density at radius 2 is 2.05 bits per heavy atom. The lowest BCUT2D eigenvalue weighted by Gasteiger charge is -2.19. The van der Waals surface area contributed by atoms with E-state index in [-0.39, 0.29) is 12.2 Å². The quantitative estimate of drug-likeness (QED) is 0.826. The summed E-state index contributed by atoms with van der Waals surface area (Å²) in [6.45, 7) is 6.96. The molecule has 0 spiro atoms. The third kappa shape index (κ3) is 3.69. The van der Waals surface area contributed by atoms with Crippen molar-refractivity contribution in [3.8, 4) is 0 Å². The Balaban J connectivity index is 2.43. The summed E-state index contributed by atoms with van der Waals surface area (Å²) in [7, 11) is 0. The van der Waals surface area contributed by atoms with Crippen molar-refractivity contribution in [2.75, 3.05) is 0 Å². The van der Waals surface area contributed by atoms with Gasteiger partial charge in [0.05, 0.1) is 11.7 Å². The van der Waals surface area contributed by atoms with E-state index in [4.69, 9.17) is 4.74 Å². The zero-order valence-electron chi connectivity index (χ0n) is 12.4. The number of Topliss-reactive ketones (excluding diaryl/α,β-unsaturated/α-hetero) is 1. The maximum atomic E-state index is 12.2. The van der Waals surface area contributed by atoms with Crippen molar-refractivity contribution >= 4 is 38.7 Å². The van der Waals surface area contributed by atoms with Crippen LogP contribution in [0.25, 0.3) is 10.9 Å². The molecule has 5 nitrogen and oxygen atoms in total. The maximum Gasteiger partial charge on any atom is 0.419 e. The molecule has 112 valence electrons. The molecule has 0 N–H and O–H groups in total. The number of ether oxygens (including phenoxy) is 1. The van der Waals surface area contributed by atoms with Crippen LogP contribution in [0, 0.1) is 0 Å². The molecule has 6 heteroatoms. The highest BCUT2D eigenvalue weighted by Gasteiger charge is 2.20. The van der Waals surface area contributed by atoms with Gasteiger partial charge in [-0.3, -0.25) is 9.78 Å². The first-order valence-electron chi connectivity index (χ1n) is 6.55. The molecular weight excluding hydrogens is 336 g/mol. The fourth-order valence-corrected chi connectivity index (χ4v) is 2.46. The van der Waals surface area contributed by atoms with Crippen LogP contribution in [0.1, 0.15) is 33.4 Å². The molecule has 0 saturated carbocycles. The number of nitrogens with zero attached hydrogens (tertiary/aromatic N) is 2. The highest BCUT2D eigenvalue weighted by molar-refractivity contribution is 9.10. The van der Waals surface area contributed by atoms with E-state index < -0.39 is 11.7 Å². The van der Waals surface area contributed by atoms with Crippen molar-refractivity contribution in [1.29, 1.82) is 0 Å². The summed E-state index contributed by atoms with van der Waals surface area (Å²) in [6, 6.07) is 1.81. The van der Waals surface area contributed by atoms with Crippen LogP contribution in [0.5, 0.6) is 0 Å². The number of pyridine rings is 1. The Morgan fingerprint density at radius 1 is 1.38 bits per heavy atom. The second-order valence-electron chi connectivity index (χ2n) is 5.90. The number of hydrogen-bond donors (Lipinski definition) is 0. The summed E-state index contributed by atoms with van der Waals surface area (Å²) in [5.41, 5.74) is 0.753. The summed E-state index contributed by atoms with van der Waals surface area (Å²) in [6.07, 6.45) is 3.06. The number of carbonyl (C=O) groups excluding carboxylic acids is 2. The predicted octanol–water partition coefficient (Wildman–Crippen LogP) is 3.71. The van der Waals surface area contributed by atoms with E-state index in [0.717, 1.165) is 9.86 Å². The average molecular weight is 353 g/mol. The van der Waals surface area contributed by atoms with Crippen LogP contribution < -0.4 is 0 Å². The molecule has 0 fully saturated rings. The number of aromatic nitrogens is 2. The summed E-state index contributed by atoms with van der Waals surface area (Å²) in [5.74, 6) is 0.0459. The molecule has 0 aliphatic heterocycles. The minimum Gasteiger partial charge on any atom is -0.443 e. The van der Waals surface area contributed by atoms with Gasteiger partial charge in [0.1, 0.15) is 11.4 Å². The second-order valence-corrected chi connectivity index (χ2v) is 6.75. The van der Waals surface area contributed by atoms with E-state index in [1.165, 1.54) is 11.5 Å². The number of fused-ring (bicyclic) bond motifs is 1. The first-order chi connectivity index (χ1) is 9.67. The largest absolute Gasteiger partial charge is 0.443 e. The van der Waals surface area contributed by atoms with Gasteiger partial charge in [0.15, 0.2) is 0 Å². The van der Waals surface area contributed by atoms with Crippen molar-refractivity contribution < 1.29 is 14.3 Å². The molecule has 0 saturated heterocycles. The summed E-state index contributed by atoms with van der Waals surface area (Å²) >= 11 is 3.42. The van der Waals surface area contributed by atoms with Crippen LogP contribution in [0.2, 0.25) is 0 Å². The van der Waals surface area contributed by atoms with Gasteiger partial charge in [0, 0.05) is 28.2 Å². The molecule has 0 radical (unpaired) electrons. The lowest BCUT2D eigenvalue weighted by molar-refractivity contribution is -0.116. The Morgan fingerprint density at radius 3 is 2.62 bits per heavy atom. The van der Waals surface area contributed by atoms with Crippen LogP contribution >= 0.6 is 15.9 Å². The van der Waals surface area contributed by atoms with Gasteiger partial charge in [-0.1, -0.05) is 0 Å². The molecule has 2 aromatic rings. The van der Waals surface area contributed by atoms with E-state index >= 15 is 0 Å². The summed E-state index contributed by atoms with van der Waals surface area (Å²) in [5, 5.41) is 0.826. The lowest BCUT2D eigenvalue weighted by Crippen LogP contribution is -2.26. The molecule has 2 aromatic heterocycles. The Kier molecular flexibility index (Phi) is 4.18. The number of carbonyl (C=O) groups is 2. The van der Waals surface area contributed by atoms with Crippen LogP contribution in [0.15, 0.2) is 22.9 Å². The van der Waals surface area contributed by atoms with Gasteiger partial charge in [-0.2, -0.15) is 0 Å². The van der Waals surface area contributed by atoms with E-state index in [1.807, 2.05) is 26.8 Å². The monoisotopic (exact) mass is 352 g/mol. The zero-order chi connectivity index (χ0) is 15.8. The smallest absolute Gasteiger partial charge is 0.419 e. The predicted molar refractivity (Wildman–Crippen MR) is 83.5 cm³/mol. The molecule has 0 amide bonds. The van der Waals surface area contributed by atoms with Crippen molar-refractivity contribution in [1.82, 2.24) is 9.55 Å². The molecular formula is C15H17BrN2O3. The number of ketones is 1. The van der Waals surface area contributed by atoms with Gasteiger partial charge in [-0.25, -0.2) is 9.36 Å². The van der Waals surface area contributed by atoms with Crippen LogP contribution in [0.4, 0.5) is 4.79 Å². The van der Waals surface area contributed by atoms with E-state index in [1.54, 1.807) is 12.4 Å². The average Bonchev–Trinajstić information content (AvgIpc) is 2.64. The van der Waals surface area contributed by atoms with Crippen LogP contribution in [0.3, 0.4) is 0 Å². The Labute approximate surface area is 131 Å². The minimum absolute atomic E-state index is 0.0459. The summed E-state index contributed by atoms with van der Waals surface area (Å²) < 4.78 is 7.53. The SMILES string of the molecule is CC(=O)Cc1cc2c(Br)cn(C(=O)OC(C)(C)C)c2cn1. The van der Waals surface area contributed by atoms with E-state index in [0.29, 0.717) is 11.2 Å². The minimum atomic E-state index is -0.567. The maximum absolute atomic E-state index is 12.2. The van der Waals surface area contributed by atoms with Gasteiger partial charge in [-0.05, 0) is 49.7 Å². The third-order valence-electron chi connectivity index (χ3n) is 2.72. The molecule has 0 aromatic carbocycles. The first kappa shape index (κ1) is 15.7. The highest BCUT2D eigenvalue weighted by atomic mass is 79.9. The van der Waals surface area contributed by atoms with Gasteiger partial charge >= 0.3 is 6.09 Å². The molecule has 0 aliphatic carbocycles. The molecule has 21 heavy (non-hydrogen) atoms. The van der Waals surface area contributed by atoms with Crippen LogP contribution in [-0.2, 0) is 16.0 Å². The zero-order valence-corrected chi connectivity index (χ0v) is 14.0. The van der Waals surface area contributed by atoms with Crippen molar-refractivity contribution in [3.05, 3.63) is 28.6 Å². The third-order valence-corrected chi connectivity index (χ3v) is 3.35. The Bertz CT molecular complexity index is 714. The lowest BCUT2D eigenvalue weighted by atomic mass is 10.2. The molecule has 0 bridgehead atoms. The molecule has 0 aliphatic rings. The van der Waals surface area contributed by atoms with Crippen molar-refractivity contribution in [2.45, 2.75) is 39.7 Å². The number of hydrogen-bond acceptors (Lipinski definition) is 4. The van der Waals surface area contributed by atoms with Crippen LogP contribution in [-0.4, -0.2) is 27.0 Å². The van der Waals surface area contributed by atoms with Gasteiger partial charge in [0.2, 0.25) is 0 Å². The van der Waals surface area contributed by atoms with Crippen molar-refractivity contribution in [3.63, 3.8) is 0 Å². The first-order valence-corrected chi connectivity index (χ1v) is 7.35. The standard InChI is InChI=1S/C15H17BrN2O3/c1-9(19)5-10-6-11-12(16)8-18(13(11)7-17-10)14(20)21-15(2,3)4/h6-8H,5H2,1-4H3. The van der Waals surface area contributed by atoms with E-state index in [9.17, 15) is 9.59 Å².